The number of anilines is 2. The van der Waals surface area contributed by atoms with Gasteiger partial charge in [0.25, 0.3) is 0 Å². The zero-order chi connectivity index (χ0) is 12.1. The average molecular weight is 233 g/mol. The molecule has 2 rings (SSSR count). The van der Waals surface area contributed by atoms with Gasteiger partial charge in [-0.3, -0.25) is 0 Å². The minimum absolute atomic E-state index is 0.875. The summed E-state index contributed by atoms with van der Waals surface area (Å²) < 4.78 is 0. The highest BCUT2D eigenvalue weighted by Crippen LogP contribution is 2.26. The monoisotopic (exact) mass is 233 g/mol. The van der Waals surface area contributed by atoms with E-state index < -0.39 is 0 Å². The fourth-order valence-corrected chi connectivity index (χ4v) is 2.66. The summed E-state index contributed by atoms with van der Waals surface area (Å²) in [5.74, 6) is 1.82. The molecule has 1 aliphatic rings. The topological polar surface area (TPSA) is 28.2 Å². The Morgan fingerprint density at radius 2 is 2.12 bits per heavy atom. The van der Waals surface area contributed by atoms with Crippen molar-refractivity contribution in [1.29, 1.82) is 0 Å². The standard InChI is InChI=1S/C14H23N3/c1-15-14-10-13(8-9-16-14)17(2)11-12-6-4-3-5-7-12/h8-10,12H,3-7,11H2,1-2H3,(H,15,16). The predicted molar refractivity (Wildman–Crippen MR) is 73.6 cm³/mol. The summed E-state index contributed by atoms with van der Waals surface area (Å²) in [7, 11) is 4.09. The number of hydrogen-bond donors (Lipinski definition) is 1. The number of pyridine rings is 1. The van der Waals surface area contributed by atoms with Crippen LogP contribution in [0.1, 0.15) is 32.1 Å². The van der Waals surface area contributed by atoms with Crippen molar-refractivity contribution in [2.24, 2.45) is 5.92 Å². The molecule has 0 spiro atoms. The molecule has 0 radical (unpaired) electrons. The molecule has 0 unspecified atom stereocenters. The maximum Gasteiger partial charge on any atom is 0.127 e. The van der Waals surface area contributed by atoms with Gasteiger partial charge in [-0.15, -0.1) is 0 Å². The van der Waals surface area contributed by atoms with Crippen molar-refractivity contribution >= 4 is 11.5 Å². The second-order valence-corrected chi connectivity index (χ2v) is 5.03. The Hall–Kier alpha value is -1.25. The molecular formula is C14H23N3. The van der Waals surface area contributed by atoms with Crippen LogP contribution in [-0.4, -0.2) is 25.6 Å². The molecule has 1 saturated carbocycles. The van der Waals surface area contributed by atoms with Gasteiger partial charge in [0, 0.05) is 38.6 Å². The third kappa shape index (κ3) is 3.35. The van der Waals surface area contributed by atoms with E-state index in [-0.39, 0.29) is 0 Å². The van der Waals surface area contributed by atoms with Crippen LogP contribution in [0.4, 0.5) is 11.5 Å². The van der Waals surface area contributed by atoms with Gasteiger partial charge in [-0.25, -0.2) is 4.98 Å². The largest absolute Gasteiger partial charge is 0.374 e. The first-order valence-corrected chi connectivity index (χ1v) is 6.64. The fourth-order valence-electron chi connectivity index (χ4n) is 2.66. The third-order valence-electron chi connectivity index (χ3n) is 3.70. The number of nitrogens with one attached hydrogen (secondary N) is 1. The maximum atomic E-state index is 4.25. The summed E-state index contributed by atoms with van der Waals surface area (Å²) in [5.41, 5.74) is 1.26. The Kier molecular flexibility index (Phi) is 4.24. The second-order valence-electron chi connectivity index (χ2n) is 5.03. The van der Waals surface area contributed by atoms with Crippen LogP contribution in [0.25, 0.3) is 0 Å². The number of rotatable bonds is 4. The van der Waals surface area contributed by atoms with Crippen molar-refractivity contribution < 1.29 is 0 Å². The van der Waals surface area contributed by atoms with Crippen LogP contribution in [0, 0.1) is 5.92 Å². The van der Waals surface area contributed by atoms with Crippen molar-refractivity contribution in [3.05, 3.63) is 18.3 Å². The SMILES string of the molecule is CNc1cc(N(C)CC2CCCCC2)ccn1. The highest BCUT2D eigenvalue weighted by Gasteiger charge is 2.15. The minimum atomic E-state index is 0.875. The van der Waals surface area contributed by atoms with Crippen molar-refractivity contribution in [2.45, 2.75) is 32.1 Å². The molecule has 0 atom stereocenters. The zero-order valence-corrected chi connectivity index (χ0v) is 10.9. The molecule has 1 fully saturated rings. The van der Waals surface area contributed by atoms with Crippen molar-refractivity contribution in [1.82, 2.24) is 4.98 Å². The zero-order valence-electron chi connectivity index (χ0n) is 10.9. The van der Waals surface area contributed by atoms with Crippen LogP contribution in [0.3, 0.4) is 0 Å². The second kappa shape index (κ2) is 5.89. The lowest BCUT2D eigenvalue weighted by molar-refractivity contribution is 0.362. The van der Waals surface area contributed by atoms with E-state index in [1.165, 1.54) is 44.3 Å². The van der Waals surface area contributed by atoms with Gasteiger partial charge in [0.15, 0.2) is 0 Å². The lowest BCUT2D eigenvalue weighted by Crippen LogP contribution is -2.26. The summed E-state index contributed by atoms with van der Waals surface area (Å²) in [6.45, 7) is 1.17. The van der Waals surface area contributed by atoms with Crippen molar-refractivity contribution in [3.8, 4) is 0 Å². The summed E-state index contributed by atoms with van der Waals surface area (Å²) in [4.78, 5) is 6.61. The van der Waals surface area contributed by atoms with E-state index in [9.17, 15) is 0 Å². The molecule has 1 aromatic rings. The first-order valence-electron chi connectivity index (χ1n) is 6.64. The van der Waals surface area contributed by atoms with Crippen LogP contribution in [0.5, 0.6) is 0 Å². The first-order chi connectivity index (χ1) is 8.29. The van der Waals surface area contributed by atoms with Gasteiger partial charge in [-0.2, -0.15) is 0 Å². The molecule has 17 heavy (non-hydrogen) atoms. The Morgan fingerprint density at radius 3 is 2.82 bits per heavy atom. The van der Waals surface area contributed by atoms with Crippen molar-refractivity contribution in [2.75, 3.05) is 30.9 Å². The predicted octanol–water partition coefficient (Wildman–Crippen LogP) is 3.14. The first kappa shape index (κ1) is 12.2. The maximum absolute atomic E-state index is 4.25. The van der Waals surface area contributed by atoms with E-state index in [0.717, 1.165) is 11.7 Å². The number of aromatic nitrogens is 1. The van der Waals surface area contributed by atoms with Crippen LogP contribution in [0.2, 0.25) is 0 Å². The van der Waals surface area contributed by atoms with Gasteiger partial charge in [0.05, 0.1) is 0 Å². The Bertz CT molecular complexity index is 345. The minimum Gasteiger partial charge on any atom is -0.374 e. The van der Waals surface area contributed by atoms with E-state index in [0.29, 0.717) is 0 Å². The lowest BCUT2D eigenvalue weighted by Gasteiger charge is -2.28. The van der Waals surface area contributed by atoms with Gasteiger partial charge >= 0.3 is 0 Å². The highest BCUT2D eigenvalue weighted by atomic mass is 15.1. The van der Waals surface area contributed by atoms with E-state index in [1.807, 2.05) is 13.2 Å². The smallest absolute Gasteiger partial charge is 0.127 e. The number of hydrogen-bond acceptors (Lipinski definition) is 3. The molecule has 1 N–H and O–H groups in total. The summed E-state index contributed by atoms with van der Waals surface area (Å²) in [6.07, 6.45) is 8.92. The number of nitrogens with zero attached hydrogens (tertiary/aromatic N) is 2. The van der Waals surface area contributed by atoms with Gasteiger partial charge in [-0.05, 0) is 24.8 Å². The molecule has 0 amide bonds. The highest BCUT2D eigenvalue weighted by molar-refractivity contribution is 5.53. The van der Waals surface area contributed by atoms with Crippen LogP contribution < -0.4 is 10.2 Å². The van der Waals surface area contributed by atoms with E-state index >= 15 is 0 Å². The molecule has 0 bridgehead atoms. The molecular weight excluding hydrogens is 210 g/mol. The lowest BCUT2D eigenvalue weighted by atomic mass is 9.89. The van der Waals surface area contributed by atoms with Gasteiger partial charge < -0.3 is 10.2 Å². The molecule has 1 aliphatic carbocycles. The molecule has 0 saturated heterocycles. The molecule has 1 heterocycles. The summed E-state index contributed by atoms with van der Waals surface area (Å²) >= 11 is 0. The quantitative estimate of drug-likeness (QED) is 0.866. The van der Waals surface area contributed by atoms with E-state index in [2.05, 4.69) is 34.4 Å². The Morgan fingerprint density at radius 1 is 1.35 bits per heavy atom. The van der Waals surface area contributed by atoms with Gasteiger partial charge in [0.2, 0.25) is 0 Å². The molecule has 3 heteroatoms. The van der Waals surface area contributed by atoms with Gasteiger partial charge in [0.1, 0.15) is 5.82 Å². The Labute approximate surface area is 104 Å². The summed E-state index contributed by atoms with van der Waals surface area (Å²) in [6, 6.07) is 4.20. The van der Waals surface area contributed by atoms with E-state index in [1.54, 1.807) is 0 Å². The third-order valence-corrected chi connectivity index (χ3v) is 3.70. The van der Waals surface area contributed by atoms with E-state index in [4.69, 9.17) is 0 Å². The normalized spacial score (nSPS) is 16.8. The van der Waals surface area contributed by atoms with Crippen LogP contribution in [-0.2, 0) is 0 Å². The Balaban J connectivity index is 1.95. The molecule has 3 nitrogen and oxygen atoms in total. The summed E-state index contributed by atoms with van der Waals surface area (Å²) in [5, 5.41) is 3.09. The molecule has 1 aromatic heterocycles. The van der Waals surface area contributed by atoms with Crippen molar-refractivity contribution in [3.63, 3.8) is 0 Å². The van der Waals surface area contributed by atoms with Crippen LogP contribution in [0.15, 0.2) is 18.3 Å². The molecule has 0 aromatic carbocycles. The molecule has 0 aliphatic heterocycles. The van der Waals surface area contributed by atoms with Crippen LogP contribution >= 0.6 is 0 Å². The average Bonchev–Trinajstić information content (AvgIpc) is 2.40. The fraction of sp³-hybridized carbons (Fsp3) is 0.643. The molecule has 94 valence electrons. The van der Waals surface area contributed by atoms with Gasteiger partial charge in [-0.1, -0.05) is 19.3 Å².